The van der Waals surface area contributed by atoms with Crippen LogP contribution in [-0.4, -0.2) is 23.5 Å². The van der Waals surface area contributed by atoms with Gasteiger partial charge in [0.2, 0.25) is 5.91 Å². The van der Waals surface area contributed by atoms with Gasteiger partial charge >= 0.3 is 6.18 Å². The van der Waals surface area contributed by atoms with Gasteiger partial charge in [0.1, 0.15) is 0 Å². The third-order valence-electron chi connectivity index (χ3n) is 4.05. The van der Waals surface area contributed by atoms with Crippen LogP contribution in [-0.2, 0) is 16.8 Å². The number of carbonyl (C=O) groups is 1. The van der Waals surface area contributed by atoms with Crippen molar-refractivity contribution < 1.29 is 18.0 Å². The van der Waals surface area contributed by atoms with Gasteiger partial charge in [0, 0.05) is 18.0 Å². The number of alkyl halides is 3. The lowest BCUT2D eigenvalue weighted by molar-refractivity contribution is -0.231. The molecule has 1 aromatic rings. The monoisotopic (exact) mass is 289 g/mol. The predicted octanol–water partition coefficient (Wildman–Crippen LogP) is 3.28. The largest absolute Gasteiger partial charge is 0.415 e. The quantitative estimate of drug-likeness (QED) is 0.718. The minimum absolute atomic E-state index is 0.0540. The molecule has 1 unspecified atom stereocenters. The molecule has 19 heavy (non-hydrogen) atoms. The molecule has 1 aromatic carbocycles. The van der Waals surface area contributed by atoms with E-state index in [1.165, 1.54) is 12.1 Å². The van der Waals surface area contributed by atoms with Crippen molar-refractivity contribution in [1.82, 2.24) is 4.90 Å². The molecule has 0 radical (unpaired) electrons. The SMILES string of the molecule is O=C1CCC2(C(F)(F)F)c3ccc(Cl)cc3CCN12. The molecule has 1 atom stereocenters. The second-order valence-corrected chi connectivity index (χ2v) is 5.39. The second kappa shape index (κ2) is 3.88. The van der Waals surface area contributed by atoms with E-state index in [1.807, 2.05) is 0 Å². The summed E-state index contributed by atoms with van der Waals surface area (Å²) in [7, 11) is 0. The molecule has 0 aromatic heterocycles. The highest BCUT2D eigenvalue weighted by Gasteiger charge is 2.65. The first-order valence-electron chi connectivity index (χ1n) is 6.02. The average Bonchev–Trinajstić information content (AvgIpc) is 2.67. The minimum Gasteiger partial charge on any atom is -0.324 e. The molecule has 1 fully saturated rings. The minimum atomic E-state index is -4.47. The van der Waals surface area contributed by atoms with Crippen LogP contribution in [0.25, 0.3) is 0 Å². The molecular weight excluding hydrogens is 279 g/mol. The Bertz CT molecular complexity index is 557. The first-order valence-corrected chi connectivity index (χ1v) is 6.40. The van der Waals surface area contributed by atoms with Crippen LogP contribution < -0.4 is 0 Å². The van der Waals surface area contributed by atoms with Gasteiger partial charge in [-0.05, 0) is 36.1 Å². The zero-order chi connectivity index (χ0) is 13.8. The Labute approximate surface area is 113 Å². The van der Waals surface area contributed by atoms with E-state index in [2.05, 4.69) is 0 Å². The summed E-state index contributed by atoms with van der Waals surface area (Å²) in [6.45, 7) is 0.103. The Morgan fingerprint density at radius 2 is 2.00 bits per heavy atom. The fourth-order valence-electron chi connectivity index (χ4n) is 3.22. The smallest absolute Gasteiger partial charge is 0.324 e. The zero-order valence-corrected chi connectivity index (χ0v) is 10.7. The van der Waals surface area contributed by atoms with Crippen LogP contribution >= 0.6 is 11.6 Å². The van der Waals surface area contributed by atoms with Gasteiger partial charge in [0.25, 0.3) is 0 Å². The van der Waals surface area contributed by atoms with Gasteiger partial charge in [-0.3, -0.25) is 4.79 Å². The molecule has 0 N–H and O–H groups in total. The predicted molar refractivity (Wildman–Crippen MR) is 63.8 cm³/mol. The number of halogens is 4. The highest BCUT2D eigenvalue weighted by atomic mass is 35.5. The highest BCUT2D eigenvalue weighted by molar-refractivity contribution is 6.30. The van der Waals surface area contributed by atoms with E-state index in [1.54, 1.807) is 6.07 Å². The molecule has 2 aliphatic rings. The fraction of sp³-hybridized carbons (Fsp3) is 0.462. The summed E-state index contributed by atoms with van der Waals surface area (Å²) in [5.41, 5.74) is -1.38. The van der Waals surface area contributed by atoms with E-state index in [4.69, 9.17) is 11.6 Å². The topological polar surface area (TPSA) is 20.3 Å². The van der Waals surface area contributed by atoms with Crippen molar-refractivity contribution in [3.05, 3.63) is 34.3 Å². The average molecular weight is 290 g/mol. The zero-order valence-electron chi connectivity index (χ0n) is 9.93. The lowest BCUT2D eigenvalue weighted by Gasteiger charge is -2.44. The van der Waals surface area contributed by atoms with Crippen LogP contribution in [0.2, 0.25) is 5.02 Å². The van der Waals surface area contributed by atoms with Crippen LogP contribution in [0.3, 0.4) is 0 Å². The molecule has 1 amide bonds. The molecule has 3 rings (SSSR count). The van der Waals surface area contributed by atoms with Crippen molar-refractivity contribution >= 4 is 17.5 Å². The van der Waals surface area contributed by atoms with Crippen molar-refractivity contribution in [3.63, 3.8) is 0 Å². The third-order valence-corrected chi connectivity index (χ3v) is 4.28. The maximum Gasteiger partial charge on any atom is 0.415 e. The van der Waals surface area contributed by atoms with Crippen LogP contribution in [0.1, 0.15) is 24.0 Å². The highest BCUT2D eigenvalue weighted by Crippen LogP contribution is 2.53. The molecule has 0 saturated carbocycles. The van der Waals surface area contributed by atoms with Gasteiger partial charge in [-0.25, -0.2) is 0 Å². The second-order valence-electron chi connectivity index (χ2n) is 4.95. The van der Waals surface area contributed by atoms with E-state index in [0.29, 0.717) is 17.0 Å². The molecule has 0 spiro atoms. The van der Waals surface area contributed by atoms with Gasteiger partial charge in [-0.15, -0.1) is 0 Å². The molecule has 0 aliphatic carbocycles. The van der Waals surface area contributed by atoms with Crippen LogP contribution in [0.15, 0.2) is 18.2 Å². The standard InChI is InChI=1S/C13H11ClF3NO/c14-9-1-2-10-8(7-9)4-6-18-11(19)3-5-12(10,18)13(15,16)17/h1-2,7H,3-6H2. The summed E-state index contributed by atoms with van der Waals surface area (Å²) in [5, 5.41) is 0.425. The Balaban J connectivity index is 2.25. The lowest BCUT2D eigenvalue weighted by atomic mass is 9.80. The maximum atomic E-state index is 13.6. The van der Waals surface area contributed by atoms with Gasteiger partial charge < -0.3 is 4.90 Å². The molecule has 1 saturated heterocycles. The summed E-state index contributed by atoms with van der Waals surface area (Å²) < 4.78 is 40.8. The van der Waals surface area contributed by atoms with E-state index >= 15 is 0 Å². The molecular formula is C13H11ClF3NO. The Kier molecular flexibility index (Phi) is 2.61. The van der Waals surface area contributed by atoms with Crippen LogP contribution in [0, 0.1) is 0 Å². The van der Waals surface area contributed by atoms with Gasteiger partial charge in [0.05, 0.1) is 0 Å². The fourth-order valence-corrected chi connectivity index (χ4v) is 3.41. The van der Waals surface area contributed by atoms with E-state index in [-0.39, 0.29) is 24.9 Å². The number of hydrogen-bond acceptors (Lipinski definition) is 1. The van der Waals surface area contributed by atoms with Crippen molar-refractivity contribution in [2.45, 2.75) is 31.0 Å². The van der Waals surface area contributed by atoms with Crippen LogP contribution in [0.4, 0.5) is 13.2 Å². The van der Waals surface area contributed by atoms with Crippen LogP contribution in [0.5, 0.6) is 0 Å². The van der Waals surface area contributed by atoms with Crippen molar-refractivity contribution in [3.8, 4) is 0 Å². The number of carbonyl (C=O) groups excluding carboxylic acids is 1. The normalized spacial score (nSPS) is 26.3. The third kappa shape index (κ3) is 1.60. The number of fused-ring (bicyclic) bond motifs is 3. The summed E-state index contributed by atoms with van der Waals surface area (Å²) in [5.74, 6) is -0.419. The summed E-state index contributed by atoms with van der Waals surface area (Å²) in [6, 6.07) is 4.45. The van der Waals surface area contributed by atoms with Gasteiger partial charge in [-0.1, -0.05) is 17.7 Å². The van der Waals surface area contributed by atoms with E-state index in [0.717, 1.165) is 4.90 Å². The summed E-state index contributed by atoms with van der Waals surface area (Å²) in [6.07, 6.45) is -4.31. The first kappa shape index (κ1) is 12.8. The maximum absolute atomic E-state index is 13.6. The first-order chi connectivity index (χ1) is 8.86. The number of amides is 1. The molecule has 2 heterocycles. The molecule has 2 aliphatic heterocycles. The van der Waals surface area contributed by atoms with Gasteiger partial charge in [0.15, 0.2) is 5.54 Å². The van der Waals surface area contributed by atoms with Gasteiger partial charge in [-0.2, -0.15) is 13.2 Å². The van der Waals surface area contributed by atoms with Crippen molar-refractivity contribution in [2.24, 2.45) is 0 Å². The lowest BCUT2D eigenvalue weighted by Crippen LogP contribution is -2.56. The number of rotatable bonds is 0. The molecule has 102 valence electrons. The molecule has 2 nitrogen and oxygen atoms in total. The number of benzene rings is 1. The van der Waals surface area contributed by atoms with Crippen molar-refractivity contribution in [2.75, 3.05) is 6.54 Å². The number of nitrogens with zero attached hydrogens (tertiary/aromatic N) is 1. The van der Waals surface area contributed by atoms with Crippen molar-refractivity contribution in [1.29, 1.82) is 0 Å². The van der Waals surface area contributed by atoms with E-state index in [9.17, 15) is 18.0 Å². The number of hydrogen-bond donors (Lipinski definition) is 0. The Morgan fingerprint density at radius 3 is 2.68 bits per heavy atom. The summed E-state index contributed by atoms with van der Waals surface area (Å²) >= 11 is 5.85. The molecule has 6 heteroatoms. The van der Waals surface area contributed by atoms with E-state index < -0.39 is 17.6 Å². The summed E-state index contributed by atoms with van der Waals surface area (Å²) in [4.78, 5) is 12.7. The Hall–Kier alpha value is -1.23. The molecule has 0 bridgehead atoms. The Morgan fingerprint density at radius 1 is 1.26 bits per heavy atom.